The van der Waals surface area contributed by atoms with E-state index in [4.69, 9.17) is 19.7 Å². The van der Waals surface area contributed by atoms with Gasteiger partial charge in [-0.25, -0.2) is 0 Å². The van der Waals surface area contributed by atoms with Crippen LogP contribution in [0.4, 0.5) is 0 Å². The van der Waals surface area contributed by atoms with Gasteiger partial charge in [-0.05, 0) is 6.92 Å². The smallest absolute Gasteiger partial charge is 0.155 e. The number of rotatable bonds is 3. The van der Waals surface area contributed by atoms with Crippen LogP contribution in [0.3, 0.4) is 0 Å². The summed E-state index contributed by atoms with van der Waals surface area (Å²) in [5.41, 5.74) is 0. The molecule has 1 unspecified atom stereocenters. The maximum Gasteiger partial charge on any atom is 0.155 e. The molecular weight excluding hydrogens is 192 g/mol. The molecule has 84 valence electrons. The summed E-state index contributed by atoms with van der Waals surface area (Å²) in [5.74, 6) is 0. The first kappa shape index (κ1) is 11.8. The number of ether oxygens (including phenoxy) is 2. The molecule has 0 radical (unpaired) electrons. The molecule has 5 atom stereocenters. The van der Waals surface area contributed by atoms with Crippen molar-refractivity contribution in [1.29, 1.82) is 0 Å². The van der Waals surface area contributed by atoms with Gasteiger partial charge in [0.25, 0.3) is 0 Å². The fourth-order valence-corrected chi connectivity index (χ4v) is 1.32. The summed E-state index contributed by atoms with van der Waals surface area (Å²) < 4.78 is 10.0. The van der Waals surface area contributed by atoms with Gasteiger partial charge in [0, 0.05) is 0 Å². The molecule has 0 aliphatic carbocycles. The summed E-state index contributed by atoms with van der Waals surface area (Å²) in [4.78, 5) is 0. The van der Waals surface area contributed by atoms with Crippen LogP contribution in [0, 0.1) is 0 Å². The lowest BCUT2D eigenvalue weighted by molar-refractivity contribution is -0.273. The van der Waals surface area contributed by atoms with Crippen molar-refractivity contribution >= 4 is 0 Å². The summed E-state index contributed by atoms with van der Waals surface area (Å²) in [7, 11) is 0. The van der Waals surface area contributed by atoms with E-state index in [1.807, 2.05) is 0 Å². The Balaban J connectivity index is 2.55. The highest BCUT2D eigenvalue weighted by atomic mass is 16.7. The van der Waals surface area contributed by atoms with Crippen molar-refractivity contribution in [3.8, 4) is 0 Å². The fourth-order valence-electron chi connectivity index (χ4n) is 1.32. The van der Waals surface area contributed by atoms with Gasteiger partial charge >= 0.3 is 0 Å². The normalized spacial score (nSPS) is 37.9. The molecule has 1 fully saturated rings. The quantitative estimate of drug-likeness (QED) is 0.421. The monoisotopic (exact) mass is 208 g/mol. The van der Waals surface area contributed by atoms with Crippen molar-refractivity contribution in [2.45, 2.75) is 37.6 Å². The van der Waals surface area contributed by atoms with E-state index in [1.165, 1.54) is 0 Å². The van der Waals surface area contributed by atoms with Gasteiger partial charge < -0.3 is 29.9 Å². The first-order valence-electron chi connectivity index (χ1n) is 4.48. The van der Waals surface area contributed by atoms with Crippen LogP contribution < -0.4 is 0 Å². The third-order valence-electron chi connectivity index (χ3n) is 2.15. The summed E-state index contributed by atoms with van der Waals surface area (Å²) >= 11 is 0. The molecule has 6 heteroatoms. The molecule has 1 aliphatic heterocycles. The molecule has 4 N–H and O–H groups in total. The van der Waals surface area contributed by atoms with Crippen molar-refractivity contribution in [3.63, 3.8) is 0 Å². The molecule has 1 saturated heterocycles. The minimum absolute atomic E-state index is 0.0427. The van der Waals surface area contributed by atoms with Crippen molar-refractivity contribution in [3.05, 3.63) is 0 Å². The maximum absolute atomic E-state index is 9.48. The fraction of sp³-hybridized carbons (Fsp3) is 1.00. The van der Waals surface area contributed by atoms with Gasteiger partial charge in [0.2, 0.25) is 0 Å². The van der Waals surface area contributed by atoms with Crippen LogP contribution in [0.1, 0.15) is 6.92 Å². The second-order valence-corrected chi connectivity index (χ2v) is 3.31. The van der Waals surface area contributed by atoms with Crippen LogP contribution in [0.2, 0.25) is 0 Å². The van der Waals surface area contributed by atoms with Gasteiger partial charge in [0.15, 0.2) is 6.29 Å². The lowest BCUT2D eigenvalue weighted by atomic mass is 10.0. The lowest BCUT2D eigenvalue weighted by Crippen LogP contribution is -2.53. The Morgan fingerprint density at radius 2 is 2.07 bits per heavy atom. The molecule has 0 aromatic heterocycles. The predicted molar refractivity (Wildman–Crippen MR) is 45.4 cm³/mol. The Morgan fingerprint density at radius 1 is 1.43 bits per heavy atom. The van der Waals surface area contributed by atoms with E-state index >= 15 is 0 Å². The van der Waals surface area contributed by atoms with Crippen LogP contribution in [0.5, 0.6) is 0 Å². The molecule has 1 heterocycles. The molecule has 0 saturated carbocycles. The zero-order valence-electron chi connectivity index (χ0n) is 7.91. The van der Waals surface area contributed by atoms with Gasteiger partial charge in [-0.15, -0.1) is 0 Å². The highest BCUT2D eigenvalue weighted by molar-refractivity contribution is 4.84. The van der Waals surface area contributed by atoms with E-state index < -0.39 is 37.3 Å². The van der Waals surface area contributed by atoms with E-state index in [9.17, 15) is 10.2 Å². The Morgan fingerprint density at radius 3 is 2.64 bits per heavy atom. The Kier molecular flexibility index (Phi) is 4.24. The van der Waals surface area contributed by atoms with Crippen LogP contribution >= 0.6 is 0 Å². The molecule has 0 aromatic carbocycles. The number of aliphatic hydroxyl groups is 4. The van der Waals surface area contributed by atoms with Crippen molar-refractivity contribution < 1.29 is 29.9 Å². The van der Waals surface area contributed by atoms with Gasteiger partial charge in [-0.1, -0.05) is 0 Å². The Bertz CT molecular complexity index is 175. The topological polar surface area (TPSA) is 99.4 Å². The van der Waals surface area contributed by atoms with Gasteiger partial charge in [-0.2, -0.15) is 0 Å². The maximum atomic E-state index is 9.48. The minimum atomic E-state index is -1.32. The first-order chi connectivity index (χ1) is 6.56. The zero-order chi connectivity index (χ0) is 10.7. The molecule has 0 amide bonds. The van der Waals surface area contributed by atoms with Crippen molar-refractivity contribution in [1.82, 2.24) is 0 Å². The molecular formula is C8H16O6. The second kappa shape index (κ2) is 5.01. The molecule has 14 heavy (non-hydrogen) atoms. The minimum Gasteiger partial charge on any atom is -0.394 e. The average molecular weight is 208 g/mol. The zero-order valence-corrected chi connectivity index (χ0v) is 7.91. The number of hydrogen-bond donors (Lipinski definition) is 4. The van der Waals surface area contributed by atoms with E-state index in [0.717, 1.165) is 0 Å². The van der Waals surface area contributed by atoms with Crippen LogP contribution in [0.15, 0.2) is 0 Å². The SMILES string of the molecule is CC1OC[C@@H](O)[C@H]([C@H](O)[C@@H](O)CO)O1. The first-order valence-corrected chi connectivity index (χ1v) is 4.48. The molecule has 1 rings (SSSR count). The molecule has 0 aromatic rings. The average Bonchev–Trinajstić information content (AvgIpc) is 2.19. The highest BCUT2D eigenvalue weighted by Gasteiger charge is 2.37. The van der Waals surface area contributed by atoms with Crippen molar-refractivity contribution in [2.24, 2.45) is 0 Å². The third kappa shape index (κ3) is 2.63. The third-order valence-corrected chi connectivity index (χ3v) is 2.15. The van der Waals surface area contributed by atoms with E-state index in [-0.39, 0.29) is 6.61 Å². The van der Waals surface area contributed by atoms with E-state index in [0.29, 0.717) is 0 Å². The molecule has 6 nitrogen and oxygen atoms in total. The molecule has 1 aliphatic rings. The van der Waals surface area contributed by atoms with Crippen molar-refractivity contribution in [2.75, 3.05) is 13.2 Å². The summed E-state index contributed by atoms with van der Waals surface area (Å²) in [5, 5.41) is 36.6. The molecule has 0 spiro atoms. The van der Waals surface area contributed by atoms with Gasteiger partial charge in [0.05, 0.1) is 13.2 Å². The number of hydrogen-bond acceptors (Lipinski definition) is 6. The summed E-state index contributed by atoms with van der Waals surface area (Å²) in [6, 6.07) is 0. The summed E-state index contributed by atoms with van der Waals surface area (Å²) in [6.07, 6.45) is -5.10. The van der Waals surface area contributed by atoms with E-state index in [1.54, 1.807) is 6.92 Å². The predicted octanol–water partition coefficient (Wildman–Crippen LogP) is -2.18. The lowest BCUT2D eigenvalue weighted by Gasteiger charge is -2.36. The number of aliphatic hydroxyl groups excluding tert-OH is 4. The van der Waals surface area contributed by atoms with Gasteiger partial charge in [-0.3, -0.25) is 0 Å². The highest BCUT2D eigenvalue weighted by Crippen LogP contribution is 2.17. The summed E-state index contributed by atoms with van der Waals surface area (Å²) in [6.45, 7) is 1.08. The Labute approximate surface area is 81.7 Å². The van der Waals surface area contributed by atoms with E-state index in [2.05, 4.69) is 0 Å². The Hall–Kier alpha value is -0.240. The standard InChI is InChI=1S/C8H16O6/c1-4-13-3-6(11)8(14-4)7(12)5(10)2-9/h4-12H,2-3H2,1H3/t4?,5-,6+,7+,8+/m0/s1. The largest absolute Gasteiger partial charge is 0.394 e. The second-order valence-electron chi connectivity index (χ2n) is 3.31. The van der Waals surface area contributed by atoms with Crippen LogP contribution in [-0.4, -0.2) is 64.3 Å². The van der Waals surface area contributed by atoms with Crippen LogP contribution in [0.25, 0.3) is 0 Å². The van der Waals surface area contributed by atoms with Gasteiger partial charge in [0.1, 0.15) is 24.4 Å². The van der Waals surface area contributed by atoms with Crippen LogP contribution in [-0.2, 0) is 9.47 Å². The molecule has 0 bridgehead atoms.